The lowest BCUT2D eigenvalue weighted by Gasteiger charge is -2.28. The number of hydrogen-bond acceptors (Lipinski definition) is 2. The summed E-state index contributed by atoms with van der Waals surface area (Å²) in [4.78, 5) is 19.2. The summed E-state index contributed by atoms with van der Waals surface area (Å²) >= 11 is 0. The number of amides is 1. The van der Waals surface area contributed by atoms with Crippen molar-refractivity contribution in [2.75, 3.05) is 44.2 Å². The predicted molar refractivity (Wildman–Crippen MR) is 98.6 cm³/mol. The smallest absolute Gasteiger partial charge is 0.275 e. The standard InChI is InChI=1S/C20H26N4O/c1-17(18-7-3-2-4-8-18)15-22-20(25)16-23-11-13-24(14-12-23)19-9-5-6-10-21-19/h2-10,17H,11-16H2,1H3,(H,22,25)/p+2/t17-/m0/s1. The Balaban J connectivity index is 1.39. The number of nitrogens with zero attached hydrogens (tertiary/aromatic N) is 1. The zero-order chi connectivity index (χ0) is 17.5. The molecule has 1 fully saturated rings. The van der Waals surface area contributed by atoms with Crippen molar-refractivity contribution in [2.24, 2.45) is 0 Å². The second-order valence-corrected chi connectivity index (χ2v) is 6.78. The van der Waals surface area contributed by atoms with Gasteiger partial charge in [-0.3, -0.25) is 9.69 Å². The summed E-state index contributed by atoms with van der Waals surface area (Å²) in [5.74, 6) is 1.64. The number of aromatic amines is 1. The summed E-state index contributed by atoms with van der Waals surface area (Å²) in [6, 6.07) is 16.5. The summed E-state index contributed by atoms with van der Waals surface area (Å²) in [5.41, 5.74) is 1.27. The van der Waals surface area contributed by atoms with Gasteiger partial charge in [0.15, 0.2) is 6.54 Å². The quantitative estimate of drug-likeness (QED) is 0.785. The van der Waals surface area contributed by atoms with Crippen molar-refractivity contribution in [3.8, 4) is 0 Å². The summed E-state index contributed by atoms with van der Waals surface area (Å²) in [6.07, 6.45) is 1.95. The van der Waals surface area contributed by atoms with Gasteiger partial charge in [-0.25, -0.2) is 4.98 Å². The molecule has 0 radical (unpaired) electrons. The number of aromatic nitrogens is 1. The minimum Gasteiger partial charge on any atom is -0.351 e. The Hall–Kier alpha value is -2.40. The van der Waals surface area contributed by atoms with Gasteiger partial charge >= 0.3 is 0 Å². The molecule has 0 unspecified atom stereocenters. The third-order valence-corrected chi connectivity index (χ3v) is 4.89. The second kappa shape index (κ2) is 8.62. The SMILES string of the molecule is C[C@@H](CNC(=O)C[NH+]1CCN(c2cccc[nH+]2)CC1)c1ccccc1. The van der Waals surface area contributed by atoms with Gasteiger partial charge in [0.1, 0.15) is 26.2 Å². The van der Waals surface area contributed by atoms with E-state index in [1.165, 1.54) is 10.5 Å². The van der Waals surface area contributed by atoms with Gasteiger partial charge in [-0.2, -0.15) is 0 Å². The Bertz CT molecular complexity index is 654. The van der Waals surface area contributed by atoms with Gasteiger partial charge in [-0.1, -0.05) is 43.3 Å². The number of quaternary nitrogens is 1. The molecule has 2 heterocycles. The van der Waals surface area contributed by atoms with E-state index in [1.54, 1.807) is 0 Å². The molecule has 1 aromatic carbocycles. The predicted octanol–water partition coefficient (Wildman–Crippen LogP) is 0.126. The Morgan fingerprint density at radius 2 is 1.88 bits per heavy atom. The van der Waals surface area contributed by atoms with Crippen molar-refractivity contribution in [2.45, 2.75) is 12.8 Å². The number of carbonyl (C=O) groups is 1. The minimum absolute atomic E-state index is 0.150. The molecule has 1 atom stereocenters. The Morgan fingerprint density at radius 1 is 1.16 bits per heavy atom. The lowest BCUT2D eigenvalue weighted by atomic mass is 10.0. The van der Waals surface area contributed by atoms with Crippen LogP contribution in [0.25, 0.3) is 0 Å². The summed E-state index contributed by atoms with van der Waals surface area (Å²) < 4.78 is 0. The fraction of sp³-hybridized carbons (Fsp3) is 0.400. The maximum atomic E-state index is 12.2. The number of benzene rings is 1. The average molecular weight is 340 g/mol. The van der Waals surface area contributed by atoms with Gasteiger partial charge in [0.05, 0.1) is 6.20 Å². The van der Waals surface area contributed by atoms with Crippen molar-refractivity contribution < 1.29 is 14.7 Å². The molecule has 1 aliphatic heterocycles. The number of anilines is 1. The van der Waals surface area contributed by atoms with Crippen molar-refractivity contribution in [3.63, 3.8) is 0 Å². The molecule has 3 N–H and O–H groups in total. The van der Waals surface area contributed by atoms with Gasteiger partial charge in [-0.15, -0.1) is 0 Å². The van der Waals surface area contributed by atoms with E-state index in [2.05, 4.69) is 40.3 Å². The zero-order valence-electron chi connectivity index (χ0n) is 14.9. The van der Waals surface area contributed by atoms with Crippen LogP contribution >= 0.6 is 0 Å². The zero-order valence-corrected chi connectivity index (χ0v) is 14.9. The number of H-pyrrole nitrogens is 1. The molecule has 0 saturated carbocycles. The molecule has 1 saturated heterocycles. The van der Waals surface area contributed by atoms with E-state index in [1.807, 2.05) is 36.5 Å². The maximum absolute atomic E-state index is 12.2. The molecule has 132 valence electrons. The third kappa shape index (κ3) is 5.03. The Morgan fingerprint density at radius 3 is 2.56 bits per heavy atom. The van der Waals surface area contributed by atoms with Crippen molar-refractivity contribution in [3.05, 3.63) is 60.3 Å². The number of pyridine rings is 1. The van der Waals surface area contributed by atoms with Gasteiger partial charge in [-0.05, 0) is 17.5 Å². The first-order valence-electron chi connectivity index (χ1n) is 9.09. The highest BCUT2D eigenvalue weighted by molar-refractivity contribution is 5.76. The number of piperazine rings is 1. The van der Waals surface area contributed by atoms with E-state index in [0.717, 1.165) is 32.0 Å². The normalized spacial score (nSPS) is 16.4. The fourth-order valence-corrected chi connectivity index (χ4v) is 3.28. The Kier molecular flexibility index (Phi) is 6.01. The monoisotopic (exact) mass is 340 g/mol. The molecular weight excluding hydrogens is 312 g/mol. The molecule has 1 aliphatic rings. The van der Waals surface area contributed by atoms with E-state index < -0.39 is 0 Å². The topological polar surface area (TPSA) is 50.9 Å². The number of nitrogens with one attached hydrogen (secondary N) is 3. The number of rotatable bonds is 6. The van der Waals surface area contributed by atoms with Crippen molar-refractivity contribution >= 4 is 11.7 Å². The van der Waals surface area contributed by atoms with Gasteiger partial charge < -0.3 is 10.2 Å². The Labute approximate surface area is 149 Å². The summed E-state index contributed by atoms with van der Waals surface area (Å²) in [7, 11) is 0. The van der Waals surface area contributed by atoms with Gasteiger partial charge in [0.2, 0.25) is 0 Å². The van der Waals surface area contributed by atoms with Crippen LogP contribution in [0.3, 0.4) is 0 Å². The molecule has 1 amide bonds. The van der Waals surface area contributed by atoms with Crippen LogP contribution < -0.4 is 20.1 Å². The lowest BCUT2D eigenvalue weighted by molar-refractivity contribution is -0.892. The molecule has 3 rings (SSSR count). The molecular formula is C20H28N4O+2. The molecule has 25 heavy (non-hydrogen) atoms. The molecule has 0 spiro atoms. The van der Waals surface area contributed by atoms with Gasteiger partial charge in [0, 0.05) is 12.6 Å². The molecule has 0 aliphatic carbocycles. The molecule has 1 aromatic heterocycles. The van der Waals surface area contributed by atoms with Crippen LogP contribution in [0.2, 0.25) is 0 Å². The first-order valence-corrected chi connectivity index (χ1v) is 9.09. The van der Waals surface area contributed by atoms with Crippen LogP contribution in [0.5, 0.6) is 0 Å². The number of hydrogen-bond donors (Lipinski definition) is 2. The highest BCUT2D eigenvalue weighted by Gasteiger charge is 2.27. The minimum atomic E-state index is 0.150. The largest absolute Gasteiger partial charge is 0.351 e. The van der Waals surface area contributed by atoms with Crippen LogP contribution in [0.15, 0.2) is 54.7 Å². The fourth-order valence-electron chi connectivity index (χ4n) is 3.28. The molecule has 0 bridgehead atoms. The summed E-state index contributed by atoms with van der Waals surface area (Å²) in [5, 5.41) is 3.09. The van der Waals surface area contributed by atoms with Crippen molar-refractivity contribution in [1.29, 1.82) is 0 Å². The van der Waals surface area contributed by atoms with Crippen molar-refractivity contribution in [1.82, 2.24) is 5.32 Å². The maximum Gasteiger partial charge on any atom is 0.275 e. The van der Waals surface area contributed by atoms with Crippen LogP contribution in [-0.2, 0) is 4.79 Å². The third-order valence-electron chi connectivity index (χ3n) is 4.89. The molecule has 5 nitrogen and oxygen atoms in total. The first-order chi connectivity index (χ1) is 12.2. The molecule has 2 aromatic rings. The van der Waals surface area contributed by atoms with E-state index >= 15 is 0 Å². The lowest BCUT2D eigenvalue weighted by Crippen LogP contribution is -3.16. The van der Waals surface area contributed by atoms with Crippen LogP contribution in [0, 0.1) is 0 Å². The van der Waals surface area contributed by atoms with E-state index in [-0.39, 0.29) is 5.91 Å². The van der Waals surface area contributed by atoms with E-state index in [4.69, 9.17) is 0 Å². The first kappa shape index (κ1) is 17.4. The number of carbonyl (C=O) groups excluding carboxylic acids is 1. The molecule has 5 heteroatoms. The highest BCUT2D eigenvalue weighted by atomic mass is 16.2. The average Bonchev–Trinajstić information content (AvgIpc) is 2.68. The van der Waals surface area contributed by atoms with E-state index in [9.17, 15) is 4.79 Å². The summed E-state index contributed by atoms with van der Waals surface area (Å²) in [6.45, 7) is 7.34. The van der Waals surface area contributed by atoms with Crippen LogP contribution in [-0.4, -0.2) is 45.2 Å². The van der Waals surface area contributed by atoms with Crippen LogP contribution in [0.1, 0.15) is 18.4 Å². The van der Waals surface area contributed by atoms with E-state index in [0.29, 0.717) is 19.0 Å². The second-order valence-electron chi connectivity index (χ2n) is 6.78. The van der Waals surface area contributed by atoms with Gasteiger partial charge in [0.25, 0.3) is 11.7 Å². The van der Waals surface area contributed by atoms with Crippen LogP contribution in [0.4, 0.5) is 5.82 Å². The highest BCUT2D eigenvalue weighted by Crippen LogP contribution is 2.12.